The molecule has 1 aliphatic carbocycles. The van der Waals surface area contributed by atoms with Crippen LogP contribution in [-0.4, -0.2) is 60.5 Å². The first kappa shape index (κ1) is 22.6. The van der Waals surface area contributed by atoms with Crippen molar-refractivity contribution < 1.29 is 14.3 Å². The summed E-state index contributed by atoms with van der Waals surface area (Å²) in [5.74, 6) is 0.724. The van der Waals surface area contributed by atoms with Crippen LogP contribution in [0.1, 0.15) is 45.3 Å². The summed E-state index contributed by atoms with van der Waals surface area (Å²) < 4.78 is 12.8. The van der Waals surface area contributed by atoms with E-state index in [1.807, 2.05) is 16.8 Å². The lowest BCUT2D eigenvalue weighted by atomic mass is 10.0. The van der Waals surface area contributed by atoms with E-state index in [9.17, 15) is 4.79 Å². The van der Waals surface area contributed by atoms with Gasteiger partial charge in [-0.3, -0.25) is 9.69 Å². The monoisotopic (exact) mass is 460 g/mol. The zero-order valence-electron chi connectivity index (χ0n) is 19.9. The topological polar surface area (TPSA) is 68.6 Å². The van der Waals surface area contributed by atoms with Gasteiger partial charge < -0.3 is 14.8 Å². The lowest BCUT2D eigenvalue weighted by Gasteiger charge is -2.35. The molecule has 2 heterocycles. The first-order valence-corrected chi connectivity index (χ1v) is 12.1. The Bertz CT molecular complexity index is 1130. The molecule has 0 bridgehead atoms. The highest BCUT2D eigenvalue weighted by atomic mass is 16.5. The third kappa shape index (κ3) is 4.58. The summed E-state index contributed by atoms with van der Waals surface area (Å²) in [5, 5.41) is 7.97. The predicted molar refractivity (Wildman–Crippen MR) is 131 cm³/mol. The smallest absolute Gasteiger partial charge is 0.272 e. The molecule has 2 aromatic carbocycles. The highest BCUT2D eigenvalue weighted by Crippen LogP contribution is 2.29. The van der Waals surface area contributed by atoms with Crippen LogP contribution in [0.2, 0.25) is 0 Å². The van der Waals surface area contributed by atoms with Crippen molar-refractivity contribution in [1.82, 2.24) is 20.0 Å². The van der Waals surface area contributed by atoms with Gasteiger partial charge in [0, 0.05) is 30.9 Å². The number of ether oxygens (including phenoxy) is 2. The molecular formula is C27H32N4O3. The number of amides is 1. The zero-order valence-corrected chi connectivity index (χ0v) is 19.9. The van der Waals surface area contributed by atoms with Crippen LogP contribution in [0, 0.1) is 6.92 Å². The number of benzene rings is 2. The molecule has 1 N–H and O–H groups in total. The molecule has 1 aromatic heterocycles. The van der Waals surface area contributed by atoms with E-state index in [1.165, 1.54) is 5.56 Å². The van der Waals surface area contributed by atoms with Crippen molar-refractivity contribution in [3.63, 3.8) is 0 Å². The molecule has 1 amide bonds. The Morgan fingerprint density at radius 1 is 1.09 bits per heavy atom. The van der Waals surface area contributed by atoms with Crippen LogP contribution >= 0.6 is 0 Å². The van der Waals surface area contributed by atoms with Gasteiger partial charge in [0.1, 0.15) is 5.75 Å². The van der Waals surface area contributed by atoms with Crippen molar-refractivity contribution in [2.45, 2.75) is 32.2 Å². The molecule has 5 rings (SSSR count). The van der Waals surface area contributed by atoms with Gasteiger partial charge in [0.25, 0.3) is 5.91 Å². The number of aryl methyl sites for hydroxylation is 1. The van der Waals surface area contributed by atoms with Crippen molar-refractivity contribution in [3.8, 4) is 11.4 Å². The molecule has 1 aliphatic heterocycles. The van der Waals surface area contributed by atoms with E-state index in [0.29, 0.717) is 25.5 Å². The van der Waals surface area contributed by atoms with Crippen molar-refractivity contribution in [1.29, 1.82) is 0 Å². The van der Waals surface area contributed by atoms with E-state index >= 15 is 0 Å². The number of hydrogen-bond donors (Lipinski definition) is 1. The minimum absolute atomic E-state index is 0.0611. The van der Waals surface area contributed by atoms with Gasteiger partial charge in [0.05, 0.1) is 32.1 Å². The van der Waals surface area contributed by atoms with E-state index in [1.54, 1.807) is 7.11 Å². The van der Waals surface area contributed by atoms with Crippen LogP contribution in [-0.2, 0) is 17.6 Å². The van der Waals surface area contributed by atoms with Crippen molar-refractivity contribution >= 4 is 5.91 Å². The van der Waals surface area contributed by atoms with E-state index in [4.69, 9.17) is 14.6 Å². The van der Waals surface area contributed by atoms with Gasteiger partial charge in [-0.2, -0.15) is 5.10 Å². The van der Waals surface area contributed by atoms with Crippen LogP contribution in [0.3, 0.4) is 0 Å². The van der Waals surface area contributed by atoms with Crippen LogP contribution in [0.4, 0.5) is 0 Å². The minimum atomic E-state index is -0.101. The van der Waals surface area contributed by atoms with Crippen molar-refractivity contribution in [3.05, 3.63) is 76.6 Å². The number of aromatic nitrogens is 2. The number of hydrogen-bond acceptors (Lipinski definition) is 5. The quantitative estimate of drug-likeness (QED) is 0.585. The largest absolute Gasteiger partial charge is 0.497 e. The first-order chi connectivity index (χ1) is 16.6. The van der Waals surface area contributed by atoms with Gasteiger partial charge in [0.2, 0.25) is 0 Å². The molecule has 34 heavy (non-hydrogen) atoms. The third-order valence-electron chi connectivity index (χ3n) is 6.87. The number of methoxy groups -OCH3 is 1. The van der Waals surface area contributed by atoms with Gasteiger partial charge in [-0.05, 0) is 56.0 Å². The maximum Gasteiger partial charge on any atom is 0.272 e. The Balaban J connectivity index is 1.37. The SMILES string of the molecule is COc1ccc([C@H](CNC(=O)c2nn(-c3ccc(C)cc3)c3c2CCC3)N2CCOCC2)cc1. The standard InChI is InChI=1S/C27H32N4O3/c1-19-6-10-21(11-7-19)31-24-5-3-4-23(24)26(29-31)27(32)28-18-25(30-14-16-34-17-15-30)20-8-12-22(33-2)13-9-20/h6-13,25H,3-5,14-18H2,1-2H3,(H,28,32)/t25-/m0/s1. The van der Waals surface area contributed by atoms with E-state index in [-0.39, 0.29) is 11.9 Å². The third-order valence-corrected chi connectivity index (χ3v) is 6.87. The summed E-state index contributed by atoms with van der Waals surface area (Å²) in [5.41, 5.74) is 6.17. The Hall–Kier alpha value is -3.16. The van der Waals surface area contributed by atoms with Crippen LogP contribution < -0.4 is 10.1 Å². The molecule has 7 heteroatoms. The normalized spacial score (nSPS) is 16.8. The highest BCUT2D eigenvalue weighted by molar-refractivity contribution is 5.94. The van der Waals surface area contributed by atoms with E-state index < -0.39 is 0 Å². The summed E-state index contributed by atoms with van der Waals surface area (Å²) in [4.78, 5) is 15.7. The molecule has 0 unspecified atom stereocenters. The van der Waals surface area contributed by atoms with Gasteiger partial charge in [-0.25, -0.2) is 4.68 Å². The Morgan fingerprint density at radius 3 is 2.53 bits per heavy atom. The highest BCUT2D eigenvalue weighted by Gasteiger charge is 2.28. The summed E-state index contributed by atoms with van der Waals surface area (Å²) in [6, 6.07) is 16.5. The van der Waals surface area contributed by atoms with Gasteiger partial charge >= 0.3 is 0 Å². The van der Waals surface area contributed by atoms with E-state index in [0.717, 1.165) is 60.6 Å². The number of nitrogens with one attached hydrogen (secondary N) is 1. The second-order valence-electron chi connectivity index (χ2n) is 9.02. The molecule has 1 saturated heterocycles. The van der Waals surface area contributed by atoms with Gasteiger partial charge in [0.15, 0.2) is 5.69 Å². The molecule has 0 spiro atoms. The summed E-state index contributed by atoms with van der Waals surface area (Å²) in [7, 11) is 1.67. The van der Waals surface area contributed by atoms with Crippen LogP contribution in [0.5, 0.6) is 5.75 Å². The average molecular weight is 461 g/mol. The fourth-order valence-corrected chi connectivity index (χ4v) is 4.97. The fraction of sp³-hybridized carbons (Fsp3) is 0.407. The molecule has 2 aliphatic rings. The zero-order chi connectivity index (χ0) is 23.5. The van der Waals surface area contributed by atoms with Gasteiger partial charge in [-0.15, -0.1) is 0 Å². The first-order valence-electron chi connectivity index (χ1n) is 12.1. The number of fused-ring (bicyclic) bond motifs is 1. The molecule has 178 valence electrons. The Morgan fingerprint density at radius 2 is 1.82 bits per heavy atom. The van der Waals surface area contributed by atoms with Crippen molar-refractivity contribution in [2.24, 2.45) is 0 Å². The van der Waals surface area contributed by atoms with Crippen LogP contribution in [0.25, 0.3) is 5.69 Å². The summed E-state index contributed by atoms with van der Waals surface area (Å²) in [6.45, 7) is 5.67. The molecule has 0 saturated carbocycles. The average Bonchev–Trinajstić information content (AvgIpc) is 3.49. The van der Waals surface area contributed by atoms with Crippen LogP contribution in [0.15, 0.2) is 48.5 Å². The fourth-order valence-electron chi connectivity index (χ4n) is 4.97. The predicted octanol–water partition coefficient (Wildman–Crippen LogP) is 3.48. The molecule has 1 fully saturated rings. The number of carbonyl (C=O) groups excluding carboxylic acids is 1. The summed E-state index contributed by atoms with van der Waals surface area (Å²) in [6.07, 6.45) is 2.91. The number of nitrogens with zero attached hydrogens (tertiary/aromatic N) is 3. The lowest BCUT2D eigenvalue weighted by Crippen LogP contribution is -2.44. The Labute approximate surface area is 200 Å². The molecule has 0 radical (unpaired) electrons. The Kier molecular flexibility index (Phi) is 6.65. The molecular weight excluding hydrogens is 428 g/mol. The number of carbonyl (C=O) groups is 1. The molecule has 3 aromatic rings. The molecule has 7 nitrogen and oxygen atoms in total. The summed E-state index contributed by atoms with van der Waals surface area (Å²) >= 11 is 0. The van der Waals surface area contributed by atoms with Crippen molar-refractivity contribution in [2.75, 3.05) is 40.0 Å². The van der Waals surface area contributed by atoms with E-state index in [2.05, 4.69) is 53.5 Å². The number of morpholine rings is 1. The lowest BCUT2D eigenvalue weighted by molar-refractivity contribution is 0.0162. The number of rotatable bonds is 7. The second kappa shape index (κ2) is 9.99. The maximum absolute atomic E-state index is 13.4. The van der Waals surface area contributed by atoms with Gasteiger partial charge in [-0.1, -0.05) is 29.8 Å². The molecule has 1 atom stereocenters. The maximum atomic E-state index is 13.4. The second-order valence-corrected chi connectivity index (χ2v) is 9.02. The minimum Gasteiger partial charge on any atom is -0.497 e.